The molecule has 2 aromatic carbocycles. The van der Waals surface area contributed by atoms with Gasteiger partial charge in [-0.1, -0.05) is 18.6 Å². The monoisotopic (exact) mass is 428 g/mol. The molecule has 138 valence electrons. The minimum Gasteiger partial charge on any atom is -0.506 e. The van der Waals surface area contributed by atoms with Crippen molar-refractivity contribution in [3.8, 4) is 24.0 Å². The number of rotatable bonds is 6. The molecule has 7 heteroatoms. The van der Waals surface area contributed by atoms with E-state index in [4.69, 9.17) is 11.2 Å². The Balaban J connectivity index is 1.70. The number of pyridine rings is 1. The van der Waals surface area contributed by atoms with Crippen LogP contribution >= 0.6 is 15.9 Å². The number of nitrogens with one attached hydrogen (secondary N) is 2. The second-order valence-corrected chi connectivity index (χ2v) is 6.77. The van der Waals surface area contributed by atoms with Crippen LogP contribution in [0.3, 0.4) is 0 Å². The Morgan fingerprint density at radius 3 is 2.81 bits per heavy atom. The Hall–Kier alpha value is -2.79. The fourth-order valence-corrected chi connectivity index (χ4v) is 3.32. The standard InChI is InChI=1S/C20H17BrN2O4/c1-2-27-18-7-3-12(9-15(18)21)10-22-11-17(25)13-4-6-16(24)20-14(13)5-8-19(26)23-20/h1,3-9,17,22,24-25H,10-11H2,(H,23,26)/t17-/m0/s1. The zero-order valence-corrected chi connectivity index (χ0v) is 15.8. The Kier molecular flexibility index (Phi) is 5.81. The fourth-order valence-electron chi connectivity index (χ4n) is 2.81. The minimum absolute atomic E-state index is 0.0364. The molecule has 1 aromatic heterocycles. The van der Waals surface area contributed by atoms with Gasteiger partial charge in [0.15, 0.2) is 5.75 Å². The molecule has 0 radical (unpaired) electrons. The van der Waals surface area contributed by atoms with Crippen LogP contribution in [0.5, 0.6) is 11.5 Å². The molecule has 1 heterocycles. The smallest absolute Gasteiger partial charge is 0.248 e. The molecule has 6 nitrogen and oxygen atoms in total. The van der Waals surface area contributed by atoms with Crippen molar-refractivity contribution in [1.82, 2.24) is 10.3 Å². The summed E-state index contributed by atoms with van der Waals surface area (Å²) in [4.78, 5) is 14.1. The maximum Gasteiger partial charge on any atom is 0.248 e. The molecule has 0 saturated carbocycles. The normalized spacial score (nSPS) is 11.9. The van der Waals surface area contributed by atoms with Crippen LogP contribution in [0.25, 0.3) is 10.9 Å². The molecule has 0 fully saturated rings. The number of hydrogen-bond acceptors (Lipinski definition) is 5. The number of aromatic nitrogens is 1. The molecule has 1 atom stereocenters. The van der Waals surface area contributed by atoms with Crippen molar-refractivity contribution in [1.29, 1.82) is 0 Å². The Morgan fingerprint density at radius 1 is 1.26 bits per heavy atom. The number of fused-ring (bicyclic) bond motifs is 1. The first kappa shape index (κ1) is 19.0. The van der Waals surface area contributed by atoms with E-state index in [2.05, 4.69) is 32.3 Å². The molecule has 0 spiro atoms. The number of ether oxygens (including phenoxy) is 1. The van der Waals surface area contributed by atoms with E-state index in [1.165, 1.54) is 12.1 Å². The summed E-state index contributed by atoms with van der Waals surface area (Å²) >= 11 is 3.40. The molecule has 0 aliphatic carbocycles. The van der Waals surface area contributed by atoms with Gasteiger partial charge in [-0.15, -0.1) is 0 Å². The third-order valence-corrected chi connectivity index (χ3v) is 4.72. The van der Waals surface area contributed by atoms with Crippen LogP contribution < -0.4 is 15.6 Å². The summed E-state index contributed by atoms with van der Waals surface area (Å²) < 4.78 is 5.77. The predicted octanol–water partition coefficient (Wildman–Crippen LogP) is 2.79. The Bertz CT molecular complexity index is 1070. The number of terminal acetylenes is 1. The van der Waals surface area contributed by atoms with Crippen LogP contribution in [0.2, 0.25) is 0 Å². The maximum atomic E-state index is 11.5. The number of phenolic OH excluding ortho intramolecular Hbond substituents is 1. The fraction of sp³-hybridized carbons (Fsp3) is 0.150. The summed E-state index contributed by atoms with van der Waals surface area (Å²) in [5.41, 5.74) is 1.60. The molecule has 3 rings (SSSR count). The first-order chi connectivity index (χ1) is 13.0. The van der Waals surface area contributed by atoms with E-state index in [1.54, 1.807) is 18.2 Å². The van der Waals surface area contributed by atoms with E-state index in [0.29, 0.717) is 35.3 Å². The number of aliphatic hydroxyl groups is 1. The highest BCUT2D eigenvalue weighted by atomic mass is 79.9. The summed E-state index contributed by atoms with van der Waals surface area (Å²) in [7, 11) is 0. The molecule has 0 amide bonds. The van der Waals surface area contributed by atoms with Crippen molar-refractivity contribution in [3.63, 3.8) is 0 Å². The van der Waals surface area contributed by atoms with E-state index < -0.39 is 6.10 Å². The molecule has 0 unspecified atom stereocenters. The van der Waals surface area contributed by atoms with Crippen molar-refractivity contribution < 1.29 is 14.9 Å². The number of aromatic amines is 1. The van der Waals surface area contributed by atoms with Gasteiger partial charge in [0, 0.05) is 24.5 Å². The summed E-state index contributed by atoms with van der Waals surface area (Å²) in [5, 5.41) is 24.2. The van der Waals surface area contributed by atoms with Gasteiger partial charge < -0.3 is 25.3 Å². The molecule has 27 heavy (non-hydrogen) atoms. The topological polar surface area (TPSA) is 94.6 Å². The quantitative estimate of drug-likeness (QED) is 0.452. The number of benzene rings is 2. The van der Waals surface area contributed by atoms with Crippen LogP contribution in [0.15, 0.2) is 51.7 Å². The van der Waals surface area contributed by atoms with Gasteiger partial charge in [0.2, 0.25) is 5.56 Å². The van der Waals surface area contributed by atoms with E-state index in [-0.39, 0.29) is 11.3 Å². The number of aliphatic hydroxyl groups excluding tert-OH is 1. The zero-order valence-electron chi connectivity index (χ0n) is 14.2. The second-order valence-electron chi connectivity index (χ2n) is 5.92. The number of hydrogen-bond donors (Lipinski definition) is 4. The lowest BCUT2D eigenvalue weighted by molar-refractivity contribution is 0.176. The van der Waals surface area contributed by atoms with Crippen molar-refractivity contribution in [2.75, 3.05) is 6.54 Å². The van der Waals surface area contributed by atoms with Crippen molar-refractivity contribution in [2.45, 2.75) is 12.6 Å². The average molecular weight is 429 g/mol. The summed E-state index contributed by atoms with van der Waals surface area (Å²) in [5.74, 6) is 0.525. The highest BCUT2D eigenvalue weighted by Gasteiger charge is 2.14. The molecule has 0 bridgehead atoms. The maximum absolute atomic E-state index is 11.5. The minimum atomic E-state index is -0.813. The molecule has 0 aliphatic heterocycles. The number of halogens is 1. The van der Waals surface area contributed by atoms with Crippen molar-refractivity contribution >= 4 is 26.8 Å². The molecule has 3 aromatic rings. The molecular weight excluding hydrogens is 412 g/mol. The summed E-state index contributed by atoms with van der Waals surface area (Å²) in [6.07, 6.45) is 6.44. The van der Waals surface area contributed by atoms with Gasteiger partial charge in [-0.2, -0.15) is 0 Å². The van der Waals surface area contributed by atoms with Crippen LogP contribution in [0.1, 0.15) is 17.2 Å². The number of phenols is 1. The first-order valence-electron chi connectivity index (χ1n) is 8.14. The van der Waals surface area contributed by atoms with Gasteiger partial charge >= 0.3 is 0 Å². The van der Waals surface area contributed by atoms with Gasteiger partial charge in [0.25, 0.3) is 0 Å². The SMILES string of the molecule is C#COc1ccc(CNC[C@H](O)c2ccc(O)c3[nH]c(=O)ccc23)cc1Br. The second kappa shape index (κ2) is 8.27. The van der Waals surface area contributed by atoms with Crippen molar-refractivity contribution in [3.05, 3.63) is 68.4 Å². The van der Waals surface area contributed by atoms with Crippen LogP contribution in [0, 0.1) is 12.5 Å². The Morgan fingerprint density at radius 2 is 2.07 bits per heavy atom. The van der Waals surface area contributed by atoms with Crippen LogP contribution in [-0.4, -0.2) is 21.7 Å². The van der Waals surface area contributed by atoms with E-state index in [9.17, 15) is 15.0 Å². The van der Waals surface area contributed by atoms with Crippen LogP contribution in [-0.2, 0) is 6.54 Å². The van der Waals surface area contributed by atoms with Gasteiger partial charge in [-0.05, 0) is 51.3 Å². The third-order valence-electron chi connectivity index (χ3n) is 4.10. The summed E-state index contributed by atoms with van der Waals surface area (Å²) in [6.45, 7) is 0.818. The first-order valence-corrected chi connectivity index (χ1v) is 8.93. The molecule has 4 N–H and O–H groups in total. The molecular formula is C20H17BrN2O4. The van der Waals surface area contributed by atoms with E-state index in [1.807, 2.05) is 12.1 Å². The largest absolute Gasteiger partial charge is 0.506 e. The van der Waals surface area contributed by atoms with Gasteiger partial charge in [0.05, 0.1) is 16.1 Å². The molecule has 0 aliphatic rings. The van der Waals surface area contributed by atoms with Crippen LogP contribution in [0.4, 0.5) is 0 Å². The Labute approximate surface area is 163 Å². The highest BCUT2D eigenvalue weighted by Crippen LogP contribution is 2.29. The molecule has 0 saturated heterocycles. The summed E-state index contributed by atoms with van der Waals surface area (Å²) in [6, 6.07) is 11.6. The van der Waals surface area contributed by atoms with Gasteiger partial charge in [-0.3, -0.25) is 4.79 Å². The zero-order chi connectivity index (χ0) is 19.4. The number of H-pyrrole nitrogens is 1. The lowest BCUT2D eigenvalue weighted by atomic mass is 10.0. The third kappa shape index (κ3) is 4.31. The van der Waals surface area contributed by atoms with Crippen molar-refractivity contribution in [2.24, 2.45) is 0 Å². The predicted molar refractivity (Wildman–Crippen MR) is 107 cm³/mol. The van der Waals surface area contributed by atoms with E-state index in [0.717, 1.165) is 10.0 Å². The van der Waals surface area contributed by atoms with Gasteiger partial charge in [0.1, 0.15) is 11.9 Å². The average Bonchev–Trinajstić information content (AvgIpc) is 2.64. The lowest BCUT2D eigenvalue weighted by Crippen LogP contribution is -2.21. The highest BCUT2D eigenvalue weighted by molar-refractivity contribution is 9.10. The number of aromatic hydroxyl groups is 1. The van der Waals surface area contributed by atoms with E-state index >= 15 is 0 Å². The lowest BCUT2D eigenvalue weighted by Gasteiger charge is -2.15. The van der Waals surface area contributed by atoms with Gasteiger partial charge in [-0.25, -0.2) is 0 Å².